The summed E-state index contributed by atoms with van der Waals surface area (Å²) in [7, 11) is 3.12. The monoisotopic (exact) mass is 286 g/mol. The van der Waals surface area contributed by atoms with Crippen LogP contribution in [-0.2, 0) is 11.2 Å². The molecule has 0 bridgehead atoms. The maximum Gasteiger partial charge on any atom is 0.228 e. The standard InChI is InChI=1S/C16H18N2O3/c1-20-13-6-7-15(21-2)14(10-13)18-16(19)9-11-4-3-5-12(17)8-11/h3-8,10H,9,17H2,1-2H3,(H,18,19). The van der Waals surface area contributed by atoms with Crippen molar-refractivity contribution in [3.05, 3.63) is 48.0 Å². The molecular formula is C16H18N2O3. The molecule has 2 rings (SSSR count). The van der Waals surface area contributed by atoms with Crippen molar-refractivity contribution in [3.8, 4) is 11.5 Å². The van der Waals surface area contributed by atoms with Crippen LogP contribution in [0.25, 0.3) is 0 Å². The number of nitrogens with two attached hydrogens (primary N) is 1. The number of carbonyl (C=O) groups excluding carboxylic acids is 1. The van der Waals surface area contributed by atoms with Gasteiger partial charge in [-0.25, -0.2) is 0 Å². The number of carbonyl (C=O) groups is 1. The Labute approximate surface area is 123 Å². The van der Waals surface area contributed by atoms with Crippen molar-refractivity contribution in [1.82, 2.24) is 0 Å². The van der Waals surface area contributed by atoms with Gasteiger partial charge in [0.05, 0.1) is 26.3 Å². The molecule has 2 aromatic carbocycles. The van der Waals surface area contributed by atoms with E-state index in [9.17, 15) is 4.79 Å². The number of anilines is 2. The second kappa shape index (κ2) is 6.65. The molecule has 0 aliphatic heterocycles. The van der Waals surface area contributed by atoms with Gasteiger partial charge in [0.15, 0.2) is 0 Å². The van der Waals surface area contributed by atoms with E-state index in [4.69, 9.17) is 15.2 Å². The van der Waals surface area contributed by atoms with E-state index >= 15 is 0 Å². The van der Waals surface area contributed by atoms with E-state index in [2.05, 4.69) is 5.32 Å². The largest absolute Gasteiger partial charge is 0.497 e. The van der Waals surface area contributed by atoms with Crippen LogP contribution in [0, 0.1) is 0 Å². The third kappa shape index (κ3) is 3.89. The van der Waals surface area contributed by atoms with E-state index in [1.807, 2.05) is 12.1 Å². The highest BCUT2D eigenvalue weighted by Gasteiger charge is 2.10. The lowest BCUT2D eigenvalue weighted by Crippen LogP contribution is -2.15. The van der Waals surface area contributed by atoms with E-state index in [-0.39, 0.29) is 12.3 Å². The lowest BCUT2D eigenvalue weighted by atomic mass is 10.1. The Balaban J connectivity index is 2.12. The van der Waals surface area contributed by atoms with Gasteiger partial charge in [0.25, 0.3) is 0 Å². The smallest absolute Gasteiger partial charge is 0.228 e. The first-order valence-corrected chi connectivity index (χ1v) is 6.48. The summed E-state index contributed by atoms with van der Waals surface area (Å²) >= 11 is 0. The van der Waals surface area contributed by atoms with Gasteiger partial charge < -0.3 is 20.5 Å². The minimum absolute atomic E-state index is 0.146. The topological polar surface area (TPSA) is 73.6 Å². The number of nitrogens with one attached hydrogen (secondary N) is 1. The van der Waals surface area contributed by atoms with Gasteiger partial charge in [-0.05, 0) is 29.8 Å². The molecule has 0 aliphatic carbocycles. The third-order valence-electron chi connectivity index (χ3n) is 3.00. The van der Waals surface area contributed by atoms with Crippen LogP contribution in [0.4, 0.5) is 11.4 Å². The number of rotatable bonds is 5. The molecule has 5 nitrogen and oxygen atoms in total. The first-order valence-electron chi connectivity index (χ1n) is 6.48. The fourth-order valence-electron chi connectivity index (χ4n) is 1.99. The minimum Gasteiger partial charge on any atom is -0.497 e. The molecule has 0 aromatic heterocycles. The summed E-state index contributed by atoms with van der Waals surface area (Å²) in [5.41, 5.74) is 7.77. The van der Waals surface area contributed by atoms with Crippen LogP contribution in [0.1, 0.15) is 5.56 Å². The van der Waals surface area contributed by atoms with E-state index < -0.39 is 0 Å². The molecule has 0 atom stereocenters. The Morgan fingerprint density at radius 3 is 2.62 bits per heavy atom. The van der Waals surface area contributed by atoms with Crippen molar-refractivity contribution in [2.75, 3.05) is 25.3 Å². The van der Waals surface area contributed by atoms with Crippen LogP contribution in [0.15, 0.2) is 42.5 Å². The lowest BCUT2D eigenvalue weighted by molar-refractivity contribution is -0.115. The Bertz CT molecular complexity index is 641. The molecule has 0 spiro atoms. The summed E-state index contributed by atoms with van der Waals surface area (Å²) in [6.45, 7) is 0. The molecule has 1 amide bonds. The predicted molar refractivity (Wildman–Crippen MR) is 82.7 cm³/mol. The molecule has 5 heteroatoms. The van der Waals surface area contributed by atoms with Crippen LogP contribution in [0.2, 0.25) is 0 Å². The summed E-state index contributed by atoms with van der Waals surface area (Å²) in [4.78, 5) is 12.1. The van der Waals surface area contributed by atoms with E-state index in [0.29, 0.717) is 22.9 Å². The fourth-order valence-corrected chi connectivity index (χ4v) is 1.99. The van der Waals surface area contributed by atoms with E-state index in [1.54, 1.807) is 44.6 Å². The zero-order valence-electron chi connectivity index (χ0n) is 12.1. The number of methoxy groups -OCH3 is 2. The van der Waals surface area contributed by atoms with Gasteiger partial charge in [-0.3, -0.25) is 4.79 Å². The zero-order chi connectivity index (χ0) is 15.2. The molecule has 2 aromatic rings. The predicted octanol–water partition coefficient (Wildman–Crippen LogP) is 2.47. The van der Waals surface area contributed by atoms with Gasteiger partial charge >= 0.3 is 0 Å². The highest BCUT2D eigenvalue weighted by molar-refractivity contribution is 5.94. The van der Waals surface area contributed by atoms with Crippen molar-refractivity contribution in [2.45, 2.75) is 6.42 Å². The van der Waals surface area contributed by atoms with Gasteiger partial charge in [0, 0.05) is 11.8 Å². The summed E-state index contributed by atoms with van der Waals surface area (Å²) in [5.74, 6) is 1.08. The second-order valence-corrected chi connectivity index (χ2v) is 4.54. The molecule has 3 N–H and O–H groups in total. The molecule has 0 aliphatic rings. The molecule has 0 saturated carbocycles. The van der Waals surface area contributed by atoms with E-state index in [0.717, 1.165) is 5.56 Å². The Morgan fingerprint density at radius 1 is 1.14 bits per heavy atom. The first-order chi connectivity index (χ1) is 10.1. The Hall–Kier alpha value is -2.69. The molecule has 0 radical (unpaired) electrons. The normalized spacial score (nSPS) is 10.0. The van der Waals surface area contributed by atoms with Crippen LogP contribution in [0.5, 0.6) is 11.5 Å². The van der Waals surface area contributed by atoms with Crippen molar-refractivity contribution in [3.63, 3.8) is 0 Å². The number of benzene rings is 2. The average Bonchev–Trinajstić information content (AvgIpc) is 2.47. The van der Waals surface area contributed by atoms with Crippen LogP contribution in [0.3, 0.4) is 0 Å². The van der Waals surface area contributed by atoms with Crippen LogP contribution < -0.4 is 20.5 Å². The summed E-state index contributed by atoms with van der Waals surface area (Å²) in [6, 6.07) is 12.5. The Morgan fingerprint density at radius 2 is 1.95 bits per heavy atom. The highest BCUT2D eigenvalue weighted by Crippen LogP contribution is 2.29. The third-order valence-corrected chi connectivity index (χ3v) is 3.00. The van der Waals surface area contributed by atoms with Crippen molar-refractivity contribution in [2.24, 2.45) is 0 Å². The Kier molecular flexibility index (Phi) is 4.66. The molecule has 21 heavy (non-hydrogen) atoms. The van der Waals surface area contributed by atoms with Crippen molar-refractivity contribution < 1.29 is 14.3 Å². The molecular weight excluding hydrogens is 268 g/mol. The molecule has 0 heterocycles. The molecule has 0 unspecified atom stereocenters. The quantitative estimate of drug-likeness (QED) is 0.828. The number of ether oxygens (including phenoxy) is 2. The second-order valence-electron chi connectivity index (χ2n) is 4.54. The van der Waals surface area contributed by atoms with Gasteiger partial charge in [-0.2, -0.15) is 0 Å². The number of hydrogen-bond donors (Lipinski definition) is 2. The first kappa shape index (κ1) is 14.7. The lowest BCUT2D eigenvalue weighted by Gasteiger charge is -2.12. The number of amides is 1. The average molecular weight is 286 g/mol. The molecule has 110 valence electrons. The van der Waals surface area contributed by atoms with Crippen LogP contribution >= 0.6 is 0 Å². The van der Waals surface area contributed by atoms with Gasteiger partial charge in [-0.1, -0.05) is 12.1 Å². The van der Waals surface area contributed by atoms with Gasteiger partial charge in [0.1, 0.15) is 11.5 Å². The summed E-state index contributed by atoms with van der Waals surface area (Å²) < 4.78 is 10.4. The maximum atomic E-state index is 12.1. The molecule has 0 saturated heterocycles. The van der Waals surface area contributed by atoms with E-state index in [1.165, 1.54) is 0 Å². The van der Waals surface area contributed by atoms with Crippen LogP contribution in [-0.4, -0.2) is 20.1 Å². The van der Waals surface area contributed by atoms with Crippen molar-refractivity contribution in [1.29, 1.82) is 0 Å². The number of hydrogen-bond acceptors (Lipinski definition) is 4. The SMILES string of the molecule is COc1ccc(OC)c(NC(=O)Cc2cccc(N)c2)c1. The van der Waals surface area contributed by atoms with Crippen molar-refractivity contribution >= 4 is 17.3 Å². The summed E-state index contributed by atoms with van der Waals surface area (Å²) in [5, 5.41) is 2.82. The zero-order valence-corrected chi connectivity index (χ0v) is 12.1. The maximum absolute atomic E-state index is 12.1. The summed E-state index contributed by atoms with van der Waals surface area (Å²) in [6.07, 6.45) is 0.241. The minimum atomic E-state index is -0.146. The number of nitrogen functional groups attached to an aromatic ring is 1. The highest BCUT2D eigenvalue weighted by atomic mass is 16.5. The molecule has 0 fully saturated rings. The van der Waals surface area contributed by atoms with Gasteiger partial charge in [0.2, 0.25) is 5.91 Å². The van der Waals surface area contributed by atoms with Gasteiger partial charge in [-0.15, -0.1) is 0 Å². The fraction of sp³-hybridized carbons (Fsp3) is 0.188.